The number of carboxylic acid groups (broad SMARTS) is 1. The Morgan fingerprint density at radius 3 is 2.24 bits per heavy atom. The molecule has 1 amide bonds. The third-order valence-electron chi connectivity index (χ3n) is 3.15. The summed E-state index contributed by atoms with van der Waals surface area (Å²) in [7, 11) is 0. The second-order valence-electron chi connectivity index (χ2n) is 4.35. The lowest BCUT2D eigenvalue weighted by Gasteiger charge is -2.25. The fourth-order valence-corrected chi connectivity index (χ4v) is 2.24. The maximum absolute atomic E-state index is 12.2. The van der Waals surface area contributed by atoms with Crippen molar-refractivity contribution in [1.29, 1.82) is 0 Å². The van der Waals surface area contributed by atoms with E-state index in [2.05, 4.69) is 0 Å². The van der Waals surface area contributed by atoms with E-state index in [-0.39, 0.29) is 5.91 Å². The van der Waals surface area contributed by atoms with Crippen molar-refractivity contribution in [1.82, 2.24) is 4.90 Å². The molecule has 0 bridgehead atoms. The Labute approximate surface area is 102 Å². The molecule has 0 saturated heterocycles. The topological polar surface area (TPSA) is 57.6 Å². The van der Waals surface area contributed by atoms with Crippen LogP contribution in [0.1, 0.15) is 46.0 Å². The van der Waals surface area contributed by atoms with Crippen LogP contribution in [0.25, 0.3) is 0 Å². The third kappa shape index (κ3) is 3.32. The molecule has 96 valence electrons. The first-order valence-electron chi connectivity index (χ1n) is 6.36. The molecule has 0 saturated carbocycles. The summed E-state index contributed by atoms with van der Waals surface area (Å²) >= 11 is 0. The average Bonchev–Trinajstić information content (AvgIpc) is 2.35. The Morgan fingerprint density at radius 2 is 1.76 bits per heavy atom. The normalized spacial score (nSPS) is 15.9. The molecular formula is C13H21NO3. The number of likely N-dealkylation sites (N-methyl/N-ethyl adjacent to an activating group) is 1. The SMILES string of the molecule is CCCN(CC)C(=O)C1=C(C(=O)O)CCCC1. The largest absolute Gasteiger partial charge is 0.478 e. The van der Waals surface area contributed by atoms with Gasteiger partial charge in [-0.25, -0.2) is 4.79 Å². The van der Waals surface area contributed by atoms with Gasteiger partial charge in [0.15, 0.2) is 0 Å². The minimum absolute atomic E-state index is 0.0774. The Balaban J connectivity index is 2.94. The summed E-state index contributed by atoms with van der Waals surface area (Å²) in [6.45, 7) is 5.29. The van der Waals surface area contributed by atoms with Crippen LogP contribution in [-0.4, -0.2) is 35.0 Å². The summed E-state index contributed by atoms with van der Waals surface area (Å²) in [6.07, 6.45) is 3.83. The van der Waals surface area contributed by atoms with Gasteiger partial charge in [0, 0.05) is 24.2 Å². The molecule has 4 heteroatoms. The second-order valence-corrected chi connectivity index (χ2v) is 4.35. The van der Waals surface area contributed by atoms with Crippen molar-refractivity contribution >= 4 is 11.9 Å². The number of carboxylic acids is 1. The minimum atomic E-state index is -0.930. The fourth-order valence-electron chi connectivity index (χ4n) is 2.24. The molecule has 0 spiro atoms. The van der Waals surface area contributed by atoms with Crippen molar-refractivity contribution in [3.8, 4) is 0 Å². The molecule has 4 nitrogen and oxygen atoms in total. The highest BCUT2D eigenvalue weighted by Gasteiger charge is 2.25. The molecule has 0 aliphatic heterocycles. The van der Waals surface area contributed by atoms with Crippen molar-refractivity contribution < 1.29 is 14.7 Å². The standard InChI is InChI=1S/C13H21NO3/c1-3-9-14(4-2)12(15)10-7-5-6-8-11(10)13(16)17/h3-9H2,1-2H3,(H,16,17). The van der Waals surface area contributed by atoms with Gasteiger partial charge in [-0.3, -0.25) is 4.79 Å². The number of carbonyl (C=O) groups excluding carboxylic acids is 1. The van der Waals surface area contributed by atoms with E-state index in [0.717, 1.165) is 19.3 Å². The van der Waals surface area contributed by atoms with Gasteiger partial charge in [0.2, 0.25) is 5.91 Å². The average molecular weight is 239 g/mol. The van der Waals surface area contributed by atoms with Gasteiger partial charge < -0.3 is 10.0 Å². The highest BCUT2D eigenvalue weighted by molar-refractivity contribution is 6.02. The van der Waals surface area contributed by atoms with Crippen LogP contribution in [0, 0.1) is 0 Å². The van der Waals surface area contributed by atoms with Gasteiger partial charge in [0.05, 0.1) is 0 Å². The summed E-state index contributed by atoms with van der Waals surface area (Å²) in [5.41, 5.74) is 0.856. The van der Waals surface area contributed by atoms with Crippen LogP contribution in [0.15, 0.2) is 11.1 Å². The van der Waals surface area contributed by atoms with Gasteiger partial charge in [-0.1, -0.05) is 6.92 Å². The van der Waals surface area contributed by atoms with Crippen LogP contribution >= 0.6 is 0 Å². The van der Waals surface area contributed by atoms with Gasteiger partial charge >= 0.3 is 5.97 Å². The quantitative estimate of drug-likeness (QED) is 0.800. The first kappa shape index (κ1) is 13.7. The van der Waals surface area contributed by atoms with E-state index in [1.165, 1.54) is 0 Å². The molecule has 0 radical (unpaired) electrons. The van der Waals surface area contributed by atoms with E-state index < -0.39 is 5.97 Å². The van der Waals surface area contributed by atoms with Crippen LogP contribution in [-0.2, 0) is 9.59 Å². The Bertz CT molecular complexity index is 334. The Hall–Kier alpha value is -1.32. The lowest BCUT2D eigenvalue weighted by Crippen LogP contribution is -2.34. The number of rotatable bonds is 5. The Morgan fingerprint density at radius 1 is 1.18 bits per heavy atom. The lowest BCUT2D eigenvalue weighted by atomic mass is 9.91. The Kier molecular flexibility index (Phi) is 5.19. The van der Waals surface area contributed by atoms with Crippen molar-refractivity contribution in [2.24, 2.45) is 0 Å². The molecule has 0 heterocycles. The molecule has 0 atom stereocenters. The molecular weight excluding hydrogens is 218 g/mol. The monoisotopic (exact) mass is 239 g/mol. The summed E-state index contributed by atoms with van der Waals surface area (Å²) in [5, 5.41) is 9.11. The zero-order chi connectivity index (χ0) is 12.8. The maximum atomic E-state index is 12.2. The second kappa shape index (κ2) is 6.42. The predicted octanol–water partition coefficient (Wildman–Crippen LogP) is 2.20. The van der Waals surface area contributed by atoms with Crippen LogP contribution in [0.2, 0.25) is 0 Å². The number of hydrogen-bond donors (Lipinski definition) is 1. The van der Waals surface area contributed by atoms with E-state index >= 15 is 0 Å². The molecule has 0 aromatic rings. The minimum Gasteiger partial charge on any atom is -0.478 e. The summed E-state index contributed by atoms with van der Waals surface area (Å²) in [6, 6.07) is 0. The molecule has 1 N–H and O–H groups in total. The van der Waals surface area contributed by atoms with Gasteiger partial charge in [-0.15, -0.1) is 0 Å². The molecule has 0 fully saturated rings. The van der Waals surface area contributed by atoms with Crippen LogP contribution < -0.4 is 0 Å². The molecule has 1 rings (SSSR count). The molecule has 0 aromatic carbocycles. The molecule has 0 unspecified atom stereocenters. The van der Waals surface area contributed by atoms with E-state index in [1.807, 2.05) is 13.8 Å². The highest BCUT2D eigenvalue weighted by Crippen LogP contribution is 2.26. The zero-order valence-electron chi connectivity index (χ0n) is 10.7. The van der Waals surface area contributed by atoms with Crippen LogP contribution in [0.3, 0.4) is 0 Å². The maximum Gasteiger partial charge on any atom is 0.332 e. The number of carbonyl (C=O) groups is 2. The summed E-state index contributed by atoms with van der Waals surface area (Å²) < 4.78 is 0. The molecule has 0 aromatic heterocycles. The van der Waals surface area contributed by atoms with Gasteiger partial charge in [0.1, 0.15) is 0 Å². The first-order chi connectivity index (χ1) is 8.11. The van der Waals surface area contributed by atoms with Crippen molar-refractivity contribution in [3.63, 3.8) is 0 Å². The van der Waals surface area contributed by atoms with Gasteiger partial charge in [-0.05, 0) is 39.0 Å². The third-order valence-corrected chi connectivity index (χ3v) is 3.15. The number of hydrogen-bond acceptors (Lipinski definition) is 2. The molecule has 17 heavy (non-hydrogen) atoms. The number of nitrogens with zero attached hydrogens (tertiary/aromatic N) is 1. The van der Waals surface area contributed by atoms with Crippen molar-refractivity contribution in [2.45, 2.75) is 46.0 Å². The fraction of sp³-hybridized carbons (Fsp3) is 0.692. The van der Waals surface area contributed by atoms with E-state index in [0.29, 0.717) is 37.1 Å². The van der Waals surface area contributed by atoms with Crippen molar-refractivity contribution in [2.75, 3.05) is 13.1 Å². The van der Waals surface area contributed by atoms with E-state index in [4.69, 9.17) is 5.11 Å². The molecule has 1 aliphatic carbocycles. The number of aliphatic carboxylic acids is 1. The van der Waals surface area contributed by atoms with Crippen molar-refractivity contribution in [3.05, 3.63) is 11.1 Å². The van der Waals surface area contributed by atoms with Gasteiger partial charge in [0.25, 0.3) is 0 Å². The predicted molar refractivity (Wildman–Crippen MR) is 65.7 cm³/mol. The van der Waals surface area contributed by atoms with E-state index in [9.17, 15) is 9.59 Å². The van der Waals surface area contributed by atoms with E-state index in [1.54, 1.807) is 4.90 Å². The highest BCUT2D eigenvalue weighted by atomic mass is 16.4. The lowest BCUT2D eigenvalue weighted by molar-refractivity contribution is -0.134. The first-order valence-corrected chi connectivity index (χ1v) is 6.36. The van der Waals surface area contributed by atoms with Crippen LogP contribution in [0.4, 0.5) is 0 Å². The van der Waals surface area contributed by atoms with Gasteiger partial charge in [-0.2, -0.15) is 0 Å². The number of amides is 1. The summed E-state index contributed by atoms with van der Waals surface area (Å²) in [4.78, 5) is 25.1. The zero-order valence-corrected chi connectivity index (χ0v) is 10.7. The van der Waals surface area contributed by atoms with Crippen LogP contribution in [0.5, 0.6) is 0 Å². The smallest absolute Gasteiger partial charge is 0.332 e. The molecule has 1 aliphatic rings. The summed E-state index contributed by atoms with van der Waals surface area (Å²) in [5.74, 6) is -1.01.